The van der Waals surface area contributed by atoms with E-state index in [9.17, 15) is 45.0 Å². The predicted octanol–water partition coefficient (Wildman–Crippen LogP) is 2.00. The van der Waals surface area contributed by atoms with Gasteiger partial charge in [0.25, 0.3) is 0 Å². The van der Waals surface area contributed by atoms with Crippen molar-refractivity contribution >= 4 is 29.7 Å². The molecule has 14 heteroatoms. The van der Waals surface area contributed by atoms with Crippen molar-refractivity contribution < 1.29 is 59.2 Å². The molecule has 14 nitrogen and oxygen atoms in total. The second-order valence-electron chi connectivity index (χ2n) is 13.5. The maximum Gasteiger partial charge on any atom is 0.308 e. The van der Waals surface area contributed by atoms with E-state index in [4.69, 9.17) is 25.7 Å². The quantitative estimate of drug-likeness (QED) is 0.0416. The number of phenols is 1. The summed E-state index contributed by atoms with van der Waals surface area (Å²) in [5, 5.41) is 63.5. The highest BCUT2D eigenvalue weighted by Crippen LogP contribution is 2.45. The van der Waals surface area contributed by atoms with Crippen molar-refractivity contribution in [2.24, 2.45) is 11.5 Å². The molecule has 0 amide bonds. The van der Waals surface area contributed by atoms with Gasteiger partial charge in [-0.2, -0.15) is 0 Å². The number of hydrogen-bond acceptors (Lipinski definition) is 14. The molecule has 0 saturated carbocycles. The fraction of sp³-hybridized carbons (Fsp3) is 0.293. The zero-order valence-electron chi connectivity index (χ0n) is 30.0. The third kappa shape index (κ3) is 7.80. The number of nitrogens with two attached hydrogens (primary N) is 2. The number of aliphatic hydroxyl groups is 5. The van der Waals surface area contributed by atoms with E-state index in [2.05, 4.69) is 0 Å². The largest absolute Gasteiger partial charge is 0.507 e. The standard InChI is InChI=1S/C41H42N2O12/c1-19-34(47)38(51)39(52)41(53-19)55-30-17-28-33(35(48)27(30)15-23-7-4-8-24(14-23)40(42)43)37(50)31-25(18-45)16-29(54-20(2)46)26(32(31)36(28)49)10-9-21-5-3-6-22(13-21)11-12-44/h3-10,13-14,16-17,19,34,38-41,44-45,47-48,51-52H,11-12,15,18,42-43H2,1-2H3. The van der Waals surface area contributed by atoms with Gasteiger partial charge >= 0.3 is 5.97 Å². The Morgan fingerprint density at radius 1 is 0.873 bits per heavy atom. The van der Waals surface area contributed by atoms with Crippen LogP contribution in [0.2, 0.25) is 0 Å². The first-order chi connectivity index (χ1) is 26.2. The van der Waals surface area contributed by atoms with Crippen LogP contribution < -0.4 is 20.9 Å². The van der Waals surface area contributed by atoms with Gasteiger partial charge in [-0.25, -0.2) is 0 Å². The van der Waals surface area contributed by atoms with Gasteiger partial charge in [-0.15, -0.1) is 0 Å². The van der Waals surface area contributed by atoms with Gasteiger partial charge in [0.1, 0.15) is 35.6 Å². The number of aromatic hydroxyl groups is 1. The van der Waals surface area contributed by atoms with E-state index < -0.39 is 66.8 Å². The SMILES string of the molecule is CC(=O)Oc1cc(CO)c2c(c1C=Cc1cccc(CCO)c1)C(=O)c1cc(OC3OC(C)C(O)C(O)C3O)c(Cc3cccc(C(N)N)c3)c(O)c1C2=O. The molecule has 0 aromatic heterocycles. The van der Waals surface area contributed by atoms with Crippen LogP contribution in [-0.4, -0.2) is 85.5 Å². The van der Waals surface area contributed by atoms with Crippen molar-refractivity contribution in [3.63, 3.8) is 0 Å². The van der Waals surface area contributed by atoms with Crippen LogP contribution >= 0.6 is 0 Å². The summed E-state index contributed by atoms with van der Waals surface area (Å²) in [6.07, 6.45) is -4.87. The van der Waals surface area contributed by atoms with E-state index in [1.165, 1.54) is 25.1 Å². The Balaban J connectivity index is 1.55. The summed E-state index contributed by atoms with van der Waals surface area (Å²) in [5.74, 6) is -3.28. The molecule has 0 bridgehead atoms. The number of ether oxygens (including phenoxy) is 3. The molecule has 288 valence electrons. The fourth-order valence-electron chi connectivity index (χ4n) is 6.89. The Morgan fingerprint density at radius 2 is 1.60 bits per heavy atom. The summed E-state index contributed by atoms with van der Waals surface area (Å²) in [4.78, 5) is 41.6. The maximum absolute atomic E-state index is 14.7. The average Bonchev–Trinajstić information content (AvgIpc) is 3.15. The number of carbonyl (C=O) groups excluding carboxylic acids is 3. The Kier molecular flexibility index (Phi) is 11.6. The Hall–Kier alpha value is -5.29. The lowest BCUT2D eigenvalue weighted by Crippen LogP contribution is -2.58. The Labute approximate surface area is 315 Å². The first-order valence-corrected chi connectivity index (χ1v) is 17.6. The minimum atomic E-state index is -1.76. The molecule has 1 fully saturated rings. The van der Waals surface area contributed by atoms with Gasteiger partial charge in [0.15, 0.2) is 11.6 Å². The number of fused-ring (bicyclic) bond motifs is 2. The number of phenolic OH excluding ortho intramolecular Hbond substituents is 1. The van der Waals surface area contributed by atoms with Crippen LogP contribution in [0.25, 0.3) is 12.2 Å². The van der Waals surface area contributed by atoms with E-state index in [1.54, 1.807) is 42.5 Å². The summed E-state index contributed by atoms with van der Waals surface area (Å²) in [7, 11) is 0. The number of ketones is 2. The van der Waals surface area contributed by atoms with Crippen molar-refractivity contribution in [3.8, 4) is 17.2 Å². The molecule has 1 aliphatic heterocycles. The van der Waals surface area contributed by atoms with Gasteiger partial charge in [-0.1, -0.05) is 54.6 Å². The van der Waals surface area contributed by atoms with Crippen molar-refractivity contribution in [1.29, 1.82) is 0 Å². The third-order valence-corrected chi connectivity index (χ3v) is 9.69. The summed E-state index contributed by atoms with van der Waals surface area (Å²) in [6.45, 7) is 1.81. The molecule has 4 aromatic rings. The summed E-state index contributed by atoms with van der Waals surface area (Å²) in [6, 6.07) is 16.5. The van der Waals surface area contributed by atoms with Crippen LogP contribution in [0.15, 0.2) is 60.7 Å². The number of rotatable bonds is 11. The van der Waals surface area contributed by atoms with Crippen LogP contribution in [0.1, 0.15) is 90.8 Å². The second-order valence-corrected chi connectivity index (χ2v) is 13.5. The normalized spacial score (nSPS) is 20.8. The minimum absolute atomic E-state index is 0.000111. The number of aliphatic hydroxyl groups excluding tert-OH is 5. The number of carbonyl (C=O) groups is 3. The van der Waals surface area contributed by atoms with Crippen LogP contribution in [-0.2, 0) is 29.0 Å². The lowest BCUT2D eigenvalue weighted by atomic mass is 9.77. The monoisotopic (exact) mass is 754 g/mol. The van der Waals surface area contributed by atoms with E-state index in [-0.39, 0.29) is 63.5 Å². The Bertz CT molecular complexity index is 2180. The maximum atomic E-state index is 14.7. The van der Waals surface area contributed by atoms with Crippen LogP contribution in [0, 0.1) is 0 Å². The highest BCUT2D eigenvalue weighted by atomic mass is 16.7. The molecule has 4 aromatic carbocycles. The molecule has 1 saturated heterocycles. The number of benzene rings is 4. The predicted molar refractivity (Wildman–Crippen MR) is 198 cm³/mol. The minimum Gasteiger partial charge on any atom is -0.507 e. The highest BCUT2D eigenvalue weighted by Gasteiger charge is 2.44. The first kappa shape index (κ1) is 39.4. The zero-order valence-corrected chi connectivity index (χ0v) is 30.0. The number of hydrogen-bond donors (Lipinski definition) is 8. The van der Waals surface area contributed by atoms with E-state index in [1.807, 2.05) is 12.1 Å². The lowest BCUT2D eigenvalue weighted by molar-refractivity contribution is -0.268. The van der Waals surface area contributed by atoms with Crippen molar-refractivity contribution in [2.75, 3.05) is 6.61 Å². The summed E-state index contributed by atoms with van der Waals surface area (Å²) >= 11 is 0. The smallest absolute Gasteiger partial charge is 0.308 e. The average molecular weight is 755 g/mol. The molecular weight excluding hydrogens is 712 g/mol. The molecule has 5 atom stereocenters. The van der Waals surface area contributed by atoms with Gasteiger partial charge in [-0.3, -0.25) is 14.4 Å². The van der Waals surface area contributed by atoms with E-state index >= 15 is 0 Å². The van der Waals surface area contributed by atoms with E-state index in [0.29, 0.717) is 23.1 Å². The first-order valence-electron chi connectivity index (χ1n) is 17.6. The molecule has 1 heterocycles. The van der Waals surface area contributed by atoms with Gasteiger partial charge in [-0.05, 0) is 59.4 Å². The third-order valence-electron chi connectivity index (χ3n) is 9.69. The van der Waals surface area contributed by atoms with Crippen molar-refractivity contribution in [1.82, 2.24) is 0 Å². The molecule has 0 spiro atoms. The molecule has 5 unspecified atom stereocenters. The van der Waals surface area contributed by atoms with E-state index in [0.717, 1.165) is 12.5 Å². The van der Waals surface area contributed by atoms with Gasteiger partial charge < -0.3 is 56.3 Å². The topological polar surface area (TPSA) is 252 Å². The number of esters is 1. The summed E-state index contributed by atoms with van der Waals surface area (Å²) < 4.78 is 17.3. The molecule has 0 radical (unpaired) electrons. The van der Waals surface area contributed by atoms with Crippen LogP contribution in [0.3, 0.4) is 0 Å². The fourth-order valence-corrected chi connectivity index (χ4v) is 6.89. The lowest BCUT2D eigenvalue weighted by Gasteiger charge is -2.39. The zero-order chi connectivity index (χ0) is 39.7. The molecule has 10 N–H and O–H groups in total. The molecule has 2 aliphatic rings. The van der Waals surface area contributed by atoms with Crippen LogP contribution in [0.4, 0.5) is 0 Å². The summed E-state index contributed by atoms with van der Waals surface area (Å²) in [5.41, 5.74) is 13.3. The van der Waals surface area contributed by atoms with Gasteiger partial charge in [0.05, 0.1) is 24.4 Å². The second kappa shape index (κ2) is 16.2. The van der Waals surface area contributed by atoms with Crippen molar-refractivity contribution in [3.05, 3.63) is 122 Å². The molecular formula is C41H42N2O12. The molecule has 6 rings (SSSR count). The van der Waals surface area contributed by atoms with Gasteiger partial charge in [0, 0.05) is 47.8 Å². The molecule has 55 heavy (non-hydrogen) atoms. The Morgan fingerprint density at radius 3 is 2.29 bits per heavy atom. The van der Waals surface area contributed by atoms with Crippen LogP contribution in [0.5, 0.6) is 17.2 Å². The molecule has 1 aliphatic carbocycles. The highest BCUT2D eigenvalue weighted by molar-refractivity contribution is 6.31. The van der Waals surface area contributed by atoms with Crippen molar-refractivity contribution in [2.45, 2.75) is 70.2 Å². The van der Waals surface area contributed by atoms with Gasteiger partial charge in [0.2, 0.25) is 6.29 Å².